The van der Waals surface area contributed by atoms with Gasteiger partial charge in [0.1, 0.15) is 0 Å². The predicted octanol–water partition coefficient (Wildman–Crippen LogP) is 3.54. The van der Waals surface area contributed by atoms with Crippen molar-refractivity contribution in [2.75, 3.05) is 0 Å². The van der Waals surface area contributed by atoms with Crippen molar-refractivity contribution in [3.8, 4) is 0 Å². The first-order chi connectivity index (χ1) is 8.09. The Morgan fingerprint density at radius 3 is 2.47 bits per heavy atom. The molecule has 2 nitrogen and oxygen atoms in total. The van der Waals surface area contributed by atoms with E-state index in [1.807, 2.05) is 0 Å². The summed E-state index contributed by atoms with van der Waals surface area (Å²) in [6.45, 7) is 0. The van der Waals surface area contributed by atoms with Crippen LogP contribution >= 0.6 is 23.2 Å². The number of hydrogen-bond acceptors (Lipinski definition) is 2. The SMILES string of the molecule is N[C@H](c1ccc(Cl)cc1Cl)[C@@H](O)C1CCCC1. The van der Waals surface area contributed by atoms with Gasteiger partial charge in [0.25, 0.3) is 0 Å². The normalized spacial score (nSPS) is 20.5. The fourth-order valence-electron chi connectivity index (χ4n) is 2.55. The van der Waals surface area contributed by atoms with E-state index in [1.165, 1.54) is 12.8 Å². The molecule has 1 aromatic carbocycles. The second-order valence-electron chi connectivity index (χ2n) is 4.73. The van der Waals surface area contributed by atoms with E-state index < -0.39 is 12.1 Å². The Morgan fingerprint density at radius 2 is 1.88 bits per heavy atom. The highest BCUT2D eigenvalue weighted by atomic mass is 35.5. The van der Waals surface area contributed by atoms with Crippen molar-refractivity contribution in [3.05, 3.63) is 33.8 Å². The molecular formula is C13H17Cl2NO. The highest BCUT2D eigenvalue weighted by molar-refractivity contribution is 6.35. The molecule has 2 atom stereocenters. The Hall–Kier alpha value is -0.280. The maximum Gasteiger partial charge on any atom is 0.0761 e. The summed E-state index contributed by atoms with van der Waals surface area (Å²) in [4.78, 5) is 0. The maximum atomic E-state index is 10.2. The molecule has 1 aromatic rings. The third kappa shape index (κ3) is 2.94. The van der Waals surface area contributed by atoms with E-state index in [0.717, 1.165) is 18.4 Å². The molecule has 4 heteroatoms. The number of halogens is 2. The van der Waals surface area contributed by atoms with Crippen LogP contribution < -0.4 is 5.73 Å². The van der Waals surface area contributed by atoms with Gasteiger partial charge in [-0.2, -0.15) is 0 Å². The van der Waals surface area contributed by atoms with Crippen LogP contribution in [0, 0.1) is 5.92 Å². The summed E-state index contributed by atoms with van der Waals surface area (Å²) in [5.74, 6) is 0.303. The zero-order valence-corrected chi connectivity index (χ0v) is 11.1. The first-order valence-corrected chi connectivity index (χ1v) is 6.74. The van der Waals surface area contributed by atoms with Crippen LogP contribution in [0.15, 0.2) is 18.2 Å². The van der Waals surface area contributed by atoms with Crippen molar-refractivity contribution in [2.45, 2.75) is 37.8 Å². The molecule has 1 aliphatic rings. The van der Waals surface area contributed by atoms with E-state index in [2.05, 4.69) is 0 Å². The van der Waals surface area contributed by atoms with Crippen molar-refractivity contribution in [1.82, 2.24) is 0 Å². The molecule has 0 aromatic heterocycles. The van der Waals surface area contributed by atoms with Gasteiger partial charge in [-0.15, -0.1) is 0 Å². The minimum Gasteiger partial charge on any atom is -0.391 e. The third-order valence-corrected chi connectivity index (χ3v) is 4.13. The smallest absolute Gasteiger partial charge is 0.0761 e. The van der Waals surface area contributed by atoms with Crippen molar-refractivity contribution >= 4 is 23.2 Å². The van der Waals surface area contributed by atoms with E-state index >= 15 is 0 Å². The van der Waals surface area contributed by atoms with Crippen LogP contribution in [0.4, 0.5) is 0 Å². The second-order valence-corrected chi connectivity index (χ2v) is 5.57. The average Bonchev–Trinajstić information content (AvgIpc) is 2.80. The highest BCUT2D eigenvalue weighted by Crippen LogP contribution is 2.35. The van der Waals surface area contributed by atoms with Gasteiger partial charge in [0.2, 0.25) is 0 Å². The zero-order valence-electron chi connectivity index (χ0n) is 9.57. The Balaban J connectivity index is 2.15. The molecule has 0 unspecified atom stereocenters. The predicted molar refractivity (Wildman–Crippen MR) is 71.4 cm³/mol. The quantitative estimate of drug-likeness (QED) is 0.885. The third-order valence-electron chi connectivity index (χ3n) is 3.57. The molecule has 0 amide bonds. The largest absolute Gasteiger partial charge is 0.391 e. The second kappa shape index (κ2) is 5.57. The summed E-state index contributed by atoms with van der Waals surface area (Å²) in [6, 6.07) is 4.79. The van der Waals surface area contributed by atoms with Crippen LogP contribution in [-0.4, -0.2) is 11.2 Å². The van der Waals surface area contributed by atoms with Crippen LogP contribution in [0.2, 0.25) is 10.0 Å². The molecule has 94 valence electrons. The van der Waals surface area contributed by atoms with E-state index in [1.54, 1.807) is 18.2 Å². The fourth-order valence-corrected chi connectivity index (χ4v) is 3.08. The highest BCUT2D eigenvalue weighted by Gasteiger charge is 2.29. The first kappa shape index (κ1) is 13.2. The molecule has 0 aliphatic heterocycles. The van der Waals surface area contributed by atoms with Crippen molar-refractivity contribution in [2.24, 2.45) is 11.7 Å². The molecule has 0 spiro atoms. The zero-order chi connectivity index (χ0) is 12.4. The molecule has 1 aliphatic carbocycles. The molecule has 0 heterocycles. The summed E-state index contributed by atoms with van der Waals surface area (Å²) in [7, 11) is 0. The van der Waals surface area contributed by atoms with Gasteiger partial charge >= 0.3 is 0 Å². The van der Waals surface area contributed by atoms with Crippen LogP contribution in [0.3, 0.4) is 0 Å². The van der Waals surface area contributed by atoms with E-state index in [0.29, 0.717) is 16.0 Å². The lowest BCUT2D eigenvalue weighted by atomic mass is 9.91. The van der Waals surface area contributed by atoms with E-state index in [9.17, 15) is 5.11 Å². The number of benzene rings is 1. The lowest BCUT2D eigenvalue weighted by Gasteiger charge is -2.25. The summed E-state index contributed by atoms with van der Waals surface area (Å²) in [5, 5.41) is 11.4. The standard InChI is InChI=1S/C13H17Cl2NO/c14-9-5-6-10(11(15)7-9)12(16)13(17)8-3-1-2-4-8/h5-8,12-13,17H,1-4,16H2/t12-,13+/m1/s1. The van der Waals surface area contributed by atoms with Crippen molar-refractivity contribution in [1.29, 1.82) is 0 Å². The maximum absolute atomic E-state index is 10.2. The van der Waals surface area contributed by atoms with Crippen LogP contribution in [0.25, 0.3) is 0 Å². The van der Waals surface area contributed by atoms with E-state index in [4.69, 9.17) is 28.9 Å². The summed E-state index contributed by atoms with van der Waals surface area (Å²) in [5.41, 5.74) is 6.87. The van der Waals surface area contributed by atoms with Crippen LogP contribution in [0.5, 0.6) is 0 Å². The minimum atomic E-state index is -0.517. The topological polar surface area (TPSA) is 46.2 Å². The number of nitrogens with two attached hydrogens (primary N) is 1. The molecule has 0 bridgehead atoms. The van der Waals surface area contributed by atoms with Gasteiger partial charge in [-0.05, 0) is 36.5 Å². The molecule has 0 saturated heterocycles. The number of aliphatic hydroxyl groups excluding tert-OH is 1. The Labute approximate surface area is 112 Å². The molecule has 2 rings (SSSR count). The van der Waals surface area contributed by atoms with Gasteiger partial charge in [-0.1, -0.05) is 42.1 Å². The number of hydrogen-bond donors (Lipinski definition) is 2. The summed E-state index contributed by atoms with van der Waals surface area (Å²) < 4.78 is 0. The Morgan fingerprint density at radius 1 is 1.24 bits per heavy atom. The molecule has 17 heavy (non-hydrogen) atoms. The summed E-state index contributed by atoms with van der Waals surface area (Å²) in [6.07, 6.45) is 3.96. The first-order valence-electron chi connectivity index (χ1n) is 5.98. The van der Waals surface area contributed by atoms with Gasteiger partial charge in [0.05, 0.1) is 12.1 Å². The van der Waals surface area contributed by atoms with E-state index in [-0.39, 0.29) is 0 Å². The minimum absolute atomic E-state index is 0.303. The van der Waals surface area contributed by atoms with Crippen LogP contribution in [-0.2, 0) is 0 Å². The Kier molecular flexibility index (Phi) is 4.31. The molecule has 0 radical (unpaired) electrons. The molecule has 1 saturated carbocycles. The fraction of sp³-hybridized carbons (Fsp3) is 0.538. The monoisotopic (exact) mass is 273 g/mol. The molecular weight excluding hydrogens is 257 g/mol. The number of rotatable bonds is 3. The van der Waals surface area contributed by atoms with Gasteiger partial charge in [-0.3, -0.25) is 0 Å². The van der Waals surface area contributed by atoms with Crippen LogP contribution in [0.1, 0.15) is 37.3 Å². The van der Waals surface area contributed by atoms with Gasteiger partial charge in [-0.25, -0.2) is 0 Å². The lowest BCUT2D eigenvalue weighted by molar-refractivity contribution is 0.0845. The average molecular weight is 274 g/mol. The van der Waals surface area contributed by atoms with Gasteiger partial charge in [0, 0.05) is 10.0 Å². The number of aliphatic hydroxyl groups is 1. The molecule has 3 N–H and O–H groups in total. The van der Waals surface area contributed by atoms with Crippen molar-refractivity contribution < 1.29 is 5.11 Å². The van der Waals surface area contributed by atoms with Crippen molar-refractivity contribution in [3.63, 3.8) is 0 Å². The Bertz CT molecular complexity index is 391. The van der Waals surface area contributed by atoms with Gasteiger partial charge < -0.3 is 10.8 Å². The summed E-state index contributed by atoms with van der Waals surface area (Å²) >= 11 is 11.9. The molecule has 1 fully saturated rings. The van der Waals surface area contributed by atoms with Gasteiger partial charge in [0.15, 0.2) is 0 Å². The lowest BCUT2D eigenvalue weighted by Crippen LogP contribution is -2.32.